The van der Waals surface area contributed by atoms with Crippen molar-refractivity contribution in [3.05, 3.63) is 51.5 Å². The van der Waals surface area contributed by atoms with Gasteiger partial charge in [-0.15, -0.1) is 0 Å². The largest absolute Gasteiger partial charge is 0.418 e. The van der Waals surface area contributed by atoms with Gasteiger partial charge in [0.25, 0.3) is 0 Å². The number of methoxy groups -OCH3 is 1. The summed E-state index contributed by atoms with van der Waals surface area (Å²) < 4.78 is 49.4. The van der Waals surface area contributed by atoms with Gasteiger partial charge >= 0.3 is 6.18 Å². The monoisotopic (exact) mass is 485 g/mol. The average molecular weight is 486 g/mol. The van der Waals surface area contributed by atoms with Crippen LogP contribution >= 0.6 is 23.2 Å². The molecule has 0 unspecified atom stereocenters. The molecule has 0 N–H and O–H groups in total. The standard InChI is InChI=1S/C23H24Cl2F3N3O/c1-4-22(5-2,32-3)15-8-9-17(25)19-20(15)31-12-6-11-30(21(31)29-19)18-10-7-14(24)13-16(18)23(26,27)28/h7-10,13H,4-6,11-12H2,1-3H3. The van der Waals surface area contributed by atoms with Gasteiger partial charge in [0.2, 0.25) is 5.95 Å². The van der Waals surface area contributed by atoms with E-state index in [0.717, 1.165) is 30.0 Å². The van der Waals surface area contributed by atoms with E-state index in [4.69, 9.17) is 32.9 Å². The summed E-state index contributed by atoms with van der Waals surface area (Å²) in [6, 6.07) is 7.56. The number of hydrogen-bond acceptors (Lipinski definition) is 3. The Morgan fingerprint density at radius 2 is 1.75 bits per heavy atom. The van der Waals surface area contributed by atoms with E-state index in [1.807, 2.05) is 10.6 Å². The number of benzene rings is 2. The van der Waals surface area contributed by atoms with Crippen LogP contribution in [0.4, 0.5) is 24.8 Å². The summed E-state index contributed by atoms with van der Waals surface area (Å²) in [5.41, 5.74) is 1.02. The zero-order valence-electron chi connectivity index (χ0n) is 18.1. The number of rotatable bonds is 5. The average Bonchev–Trinajstić information content (AvgIpc) is 3.17. The molecule has 1 aromatic heterocycles. The Labute approximate surface area is 194 Å². The van der Waals surface area contributed by atoms with E-state index in [2.05, 4.69) is 13.8 Å². The normalized spacial score (nSPS) is 14.8. The molecule has 0 amide bonds. The number of anilines is 2. The Balaban J connectivity index is 1.99. The molecule has 0 radical (unpaired) electrons. The van der Waals surface area contributed by atoms with Crippen molar-refractivity contribution in [3.63, 3.8) is 0 Å². The lowest BCUT2D eigenvalue weighted by atomic mass is 9.87. The molecular formula is C23H24Cl2F3N3O. The van der Waals surface area contributed by atoms with Gasteiger partial charge in [0, 0.05) is 30.8 Å². The predicted molar refractivity (Wildman–Crippen MR) is 122 cm³/mol. The fourth-order valence-corrected chi connectivity index (χ4v) is 5.06. The summed E-state index contributed by atoms with van der Waals surface area (Å²) in [7, 11) is 1.68. The van der Waals surface area contributed by atoms with Crippen molar-refractivity contribution >= 4 is 45.9 Å². The number of aromatic nitrogens is 2. The molecule has 1 aliphatic rings. The van der Waals surface area contributed by atoms with Crippen molar-refractivity contribution in [1.29, 1.82) is 0 Å². The van der Waals surface area contributed by atoms with Crippen molar-refractivity contribution in [2.75, 3.05) is 18.6 Å². The minimum atomic E-state index is -4.55. The number of fused-ring (bicyclic) bond motifs is 3. The second-order valence-corrected chi connectivity index (χ2v) is 8.77. The summed E-state index contributed by atoms with van der Waals surface area (Å²) in [5.74, 6) is 0.436. The van der Waals surface area contributed by atoms with E-state index in [1.54, 1.807) is 18.1 Å². The maximum Gasteiger partial charge on any atom is 0.418 e. The lowest BCUT2D eigenvalue weighted by Crippen LogP contribution is -2.31. The number of alkyl halides is 3. The molecule has 0 atom stereocenters. The van der Waals surface area contributed by atoms with Gasteiger partial charge in [-0.25, -0.2) is 4.98 Å². The molecule has 0 fully saturated rings. The van der Waals surface area contributed by atoms with Gasteiger partial charge in [-0.3, -0.25) is 0 Å². The summed E-state index contributed by atoms with van der Waals surface area (Å²) in [6.07, 6.45) is -2.43. The summed E-state index contributed by atoms with van der Waals surface area (Å²) in [4.78, 5) is 6.34. The van der Waals surface area contributed by atoms with E-state index in [1.165, 1.54) is 12.1 Å². The molecule has 2 heterocycles. The molecule has 3 aromatic rings. The van der Waals surface area contributed by atoms with Crippen molar-refractivity contribution in [1.82, 2.24) is 9.55 Å². The number of ether oxygens (including phenoxy) is 1. The molecule has 32 heavy (non-hydrogen) atoms. The molecule has 9 heteroatoms. The molecule has 1 aliphatic heterocycles. The minimum Gasteiger partial charge on any atom is -0.373 e. The van der Waals surface area contributed by atoms with Crippen LogP contribution in [0.2, 0.25) is 10.0 Å². The minimum absolute atomic E-state index is 0.0276. The second kappa shape index (κ2) is 8.43. The molecule has 0 spiro atoms. The lowest BCUT2D eigenvalue weighted by molar-refractivity contribution is -0.137. The second-order valence-electron chi connectivity index (χ2n) is 7.93. The maximum absolute atomic E-state index is 13.8. The van der Waals surface area contributed by atoms with Gasteiger partial charge < -0.3 is 14.2 Å². The van der Waals surface area contributed by atoms with Gasteiger partial charge in [0.1, 0.15) is 5.52 Å². The molecule has 0 saturated heterocycles. The fourth-order valence-electron chi connectivity index (χ4n) is 4.70. The van der Waals surface area contributed by atoms with Crippen LogP contribution in [0.25, 0.3) is 11.0 Å². The van der Waals surface area contributed by atoms with Crippen LogP contribution in [0.3, 0.4) is 0 Å². The van der Waals surface area contributed by atoms with Crippen LogP contribution in [0.15, 0.2) is 30.3 Å². The highest BCUT2D eigenvalue weighted by Gasteiger charge is 2.38. The maximum atomic E-state index is 13.8. The molecule has 0 aliphatic carbocycles. The Hall–Kier alpha value is -1.96. The van der Waals surface area contributed by atoms with Crippen molar-refractivity contribution in [2.24, 2.45) is 0 Å². The molecule has 2 aromatic carbocycles. The smallest absolute Gasteiger partial charge is 0.373 e. The molecule has 0 bridgehead atoms. The molecule has 0 saturated carbocycles. The molecule has 4 nitrogen and oxygen atoms in total. The third-order valence-corrected chi connectivity index (χ3v) is 6.95. The molecule has 4 rings (SSSR count). The summed E-state index contributed by atoms with van der Waals surface area (Å²) in [6.45, 7) is 5.13. The number of nitrogens with zero attached hydrogens (tertiary/aromatic N) is 3. The highest BCUT2D eigenvalue weighted by molar-refractivity contribution is 6.35. The Kier molecular flexibility index (Phi) is 6.11. The summed E-state index contributed by atoms with van der Waals surface area (Å²) >= 11 is 12.4. The first-order valence-corrected chi connectivity index (χ1v) is 11.3. The number of halogens is 5. The zero-order valence-corrected chi connectivity index (χ0v) is 19.6. The summed E-state index contributed by atoms with van der Waals surface area (Å²) in [5, 5.41) is 0.489. The van der Waals surface area contributed by atoms with Gasteiger partial charge in [-0.05, 0) is 43.5 Å². The number of hydrogen-bond donors (Lipinski definition) is 0. The van der Waals surface area contributed by atoms with Crippen LogP contribution in [0, 0.1) is 0 Å². The highest BCUT2D eigenvalue weighted by atomic mass is 35.5. The van der Waals surface area contributed by atoms with Crippen molar-refractivity contribution in [3.8, 4) is 0 Å². The Morgan fingerprint density at radius 1 is 1.03 bits per heavy atom. The number of aryl methyl sites for hydroxylation is 1. The van der Waals surface area contributed by atoms with Gasteiger partial charge in [0.05, 0.1) is 27.4 Å². The van der Waals surface area contributed by atoms with E-state index >= 15 is 0 Å². The van der Waals surface area contributed by atoms with Crippen LogP contribution in [-0.2, 0) is 23.1 Å². The molecule has 172 valence electrons. The number of imidazole rings is 1. The van der Waals surface area contributed by atoms with Crippen LogP contribution in [0.1, 0.15) is 44.2 Å². The highest BCUT2D eigenvalue weighted by Crippen LogP contribution is 2.45. The van der Waals surface area contributed by atoms with Crippen LogP contribution in [0.5, 0.6) is 0 Å². The Morgan fingerprint density at radius 3 is 2.38 bits per heavy atom. The first-order chi connectivity index (χ1) is 15.2. The van der Waals surface area contributed by atoms with E-state index < -0.39 is 17.3 Å². The van der Waals surface area contributed by atoms with Crippen molar-refractivity contribution in [2.45, 2.75) is 51.4 Å². The third-order valence-electron chi connectivity index (χ3n) is 6.41. The Bertz CT molecular complexity index is 1150. The van der Waals surface area contributed by atoms with Crippen molar-refractivity contribution < 1.29 is 17.9 Å². The first-order valence-electron chi connectivity index (χ1n) is 10.6. The quantitative estimate of drug-likeness (QED) is 0.373. The fraction of sp³-hybridized carbons (Fsp3) is 0.435. The zero-order chi connectivity index (χ0) is 23.3. The van der Waals surface area contributed by atoms with Crippen LogP contribution in [-0.4, -0.2) is 23.2 Å². The van der Waals surface area contributed by atoms with E-state index in [0.29, 0.717) is 36.0 Å². The van der Waals surface area contributed by atoms with Gasteiger partial charge in [0.15, 0.2) is 0 Å². The van der Waals surface area contributed by atoms with Gasteiger partial charge in [-0.2, -0.15) is 13.2 Å². The third kappa shape index (κ3) is 3.64. The first kappa shape index (κ1) is 23.2. The van der Waals surface area contributed by atoms with Gasteiger partial charge in [-0.1, -0.05) is 43.1 Å². The SMILES string of the molecule is CCC(CC)(OC)c1ccc(Cl)c2nc3n(c12)CCCN3c1ccc(Cl)cc1C(F)(F)F. The lowest BCUT2D eigenvalue weighted by Gasteiger charge is -2.34. The van der Waals surface area contributed by atoms with E-state index in [9.17, 15) is 13.2 Å². The molecular weight excluding hydrogens is 462 g/mol. The van der Waals surface area contributed by atoms with E-state index in [-0.39, 0.29) is 10.7 Å². The topological polar surface area (TPSA) is 30.3 Å². The predicted octanol–water partition coefficient (Wildman–Crippen LogP) is 7.57. The van der Waals surface area contributed by atoms with Crippen LogP contribution < -0.4 is 4.90 Å².